The summed E-state index contributed by atoms with van der Waals surface area (Å²) in [7, 11) is 0. The molecule has 0 radical (unpaired) electrons. The number of hydrogen-bond donors (Lipinski definition) is 12. The van der Waals surface area contributed by atoms with E-state index >= 15 is 9.59 Å². The monoisotopic (exact) mass is 1320 g/mol. The topological polar surface area (TPSA) is 398 Å². The molecule has 12 unspecified atom stereocenters. The van der Waals surface area contributed by atoms with Crippen molar-refractivity contribution in [3.63, 3.8) is 0 Å². The molecule has 4 aliphatic heterocycles. The minimum Gasteiger partial charge on any atom is -0.508 e. The number of aliphatic imine (C=N–C) groups is 4. The first-order valence-electron chi connectivity index (χ1n) is 32.7. The molecule has 510 valence electrons. The Morgan fingerprint density at radius 3 is 1.44 bits per heavy atom. The van der Waals surface area contributed by atoms with Gasteiger partial charge in [-0.1, -0.05) is 117 Å². The van der Waals surface area contributed by atoms with E-state index in [0.717, 1.165) is 6.42 Å². The van der Waals surface area contributed by atoms with Crippen molar-refractivity contribution >= 4 is 84.2 Å². The van der Waals surface area contributed by atoms with Crippen LogP contribution in [-0.4, -0.2) is 191 Å². The smallest absolute Gasteiger partial charge is 0.326 e. The summed E-state index contributed by atoms with van der Waals surface area (Å²) in [4.78, 5) is 162. The quantitative estimate of drug-likeness (QED) is 0.0285. The van der Waals surface area contributed by atoms with Crippen molar-refractivity contribution in [1.29, 1.82) is 0 Å². The molecule has 13 N–H and O–H groups in total. The largest absolute Gasteiger partial charge is 0.508 e. The van der Waals surface area contributed by atoms with Crippen LogP contribution in [0.25, 0.3) is 0 Å². The molecule has 0 aliphatic carbocycles. The molecule has 2 fully saturated rings. The molecule has 9 amide bonds. The van der Waals surface area contributed by atoms with Gasteiger partial charge in [0.15, 0.2) is 0 Å². The molecule has 4 aliphatic rings. The lowest BCUT2D eigenvalue weighted by molar-refractivity contribution is -0.142. The second-order valence-corrected chi connectivity index (χ2v) is 24.8. The number of aliphatic carboxylic acids is 1. The summed E-state index contributed by atoms with van der Waals surface area (Å²) in [5.74, 6) is -8.31. The van der Waals surface area contributed by atoms with Crippen molar-refractivity contribution in [1.82, 2.24) is 52.8 Å². The van der Waals surface area contributed by atoms with Crippen molar-refractivity contribution in [2.45, 2.75) is 170 Å². The van der Waals surface area contributed by atoms with Gasteiger partial charge in [-0.05, 0) is 98.3 Å². The van der Waals surface area contributed by atoms with Gasteiger partial charge in [0.25, 0.3) is 0 Å². The lowest BCUT2D eigenvalue weighted by atomic mass is 9.98. The number of aromatic hydroxyl groups is 1. The molecule has 4 aromatic carbocycles. The number of benzene rings is 4. The molecular weight excluding hydrogens is 1230 g/mol. The lowest BCUT2D eigenvalue weighted by Gasteiger charge is -2.31. The van der Waals surface area contributed by atoms with Gasteiger partial charge in [0.05, 0.1) is 18.1 Å². The number of hydrogen-bond acceptors (Lipinski definition) is 17. The van der Waals surface area contributed by atoms with E-state index in [1.807, 2.05) is 0 Å². The number of unbranched alkanes of at least 4 members (excludes halogenated alkanes) is 1. The summed E-state index contributed by atoms with van der Waals surface area (Å²) in [6, 6.07) is 18.9. The van der Waals surface area contributed by atoms with Crippen LogP contribution in [-0.2, 0) is 73.6 Å². The minimum absolute atomic E-state index is 0.0489. The van der Waals surface area contributed by atoms with Gasteiger partial charge in [-0.25, -0.2) is 14.8 Å². The van der Waals surface area contributed by atoms with E-state index in [1.54, 1.807) is 123 Å². The number of carbonyl (C=O) groups excluding carboxylic acids is 9. The SMILES string of the molecule is CC(C)C(NC(=O)C(Cc1ccccc1)NC(=O)C(Cc1ccccc1)NC(=O)C(CC1C=NC=N1)NC(=O)C(Cc1ccccc1)NC(=O)C1CCCN1C(=O)C(CC1C=NC=N1)NC(=O)C1CCCN1)C(=O)NC(Cc1ccc(O)cc1)C(=O)NC(CCCCN)C(=O)O. The lowest BCUT2D eigenvalue weighted by Crippen LogP contribution is -2.62. The number of carboxylic acids is 1. The standard InChI is InChI=1S/C69H87N15O12/c1-42(2)59(67(93)81-54(35-46-25-27-49(85)28-26-46)61(87)76-51(69(95)96)22-12-13-29-70)83-65(91)55(34-45-20-10-5-11-21-45)78-62(88)52(32-43-16-6-3-7-17-43)77-64(90)56(36-47-38-71-40-74-47)79-63(89)53(33-44-18-8-4-9-19-44)80-66(92)58-24-15-31-84(58)68(94)57(37-48-39-72-41-75-48)82-60(86)50-23-14-30-73-50/h3-11,16-21,25-28,38-42,47-48,50-59,73,85H,12-15,22-24,29-37,70H2,1-2H3,(H,76,87)(H,77,90)(H,78,88)(H,79,89)(H,80,92)(H,81,93)(H,82,86)(H,83,91)(H,95,96). The van der Waals surface area contributed by atoms with Crippen molar-refractivity contribution in [3.05, 3.63) is 138 Å². The van der Waals surface area contributed by atoms with E-state index in [-0.39, 0.29) is 69.6 Å². The van der Waals surface area contributed by atoms with Crippen molar-refractivity contribution in [2.24, 2.45) is 31.6 Å². The van der Waals surface area contributed by atoms with Gasteiger partial charge in [-0.2, -0.15) is 0 Å². The molecule has 0 saturated carbocycles. The first kappa shape index (κ1) is 71.8. The molecular formula is C69H87N15O12. The average Bonchev–Trinajstić information content (AvgIpc) is 1.23. The van der Waals surface area contributed by atoms with E-state index in [1.165, 1.54) is 35.9 Å². The molecule has 4 aromatic rings. The molecule has 27 nitrogen and oxygen atoms in total. The molecule has 0 spiro atoms. The van der Waals surface area contributed by atoms with Crippen LogP contribution < -0.4 is 53.6 Å². The van der Waals surface area contributed by atoms with Gasteiger partial charge < -0.3 is 68.7 Å². The Balaban J connectivity index is 1.02. The Labute approximate surface area is 557 Å². The zero-order chi connectivity index (χ0) is 68.5. The van der Waals surface area contributed by atoms with Crippen LogP contribution in [0.2, 0.25) is 0 Å². The number of phenolic OH excluding ortho intramolecular Hbond substituents is 1. The van der Waals surface area contributed by atoms with E-state index in [2.05, 4.69) is 67.8 Å². The zero-order valence-corrected chi connectivity index (χ0v) is 53.9. The molecule has 96 heavy (non-hydrogen) atoms. The zero-order valence-electron chi connectivity index (χ0n) is 53.9. The molecule has 27 heteroatoms. The number of nitrogens with two attached hydrogens (primary N) is 1. The maximum atomic E-state index is 15.1. The van der Waals surface area contributed by atoms with E-state index in [9.17, 15) is 48.6 Å². The molecule has 12 atom stereocenters. The number of likely N-dealkylation sites (tertiary alicyclic amines) is 1. The fourth-order valence-corrected chi connectivity index (χ4v) is 11.9. The van der Waals surface area contributed by atoms with Gasteiger partial charge in [-0.3, -0.25) is 53.1 Å². The molecule has 8 rings (SSSR count). The Bertz CT molecular complexity index is 3420. The van der Waals surface area contributed by atoms with Crippen LogP contribution in [0.15, 0.2) is 135 Å². The second kappa shape index (κ2) is 36.0. The summed E-state index contributed by atoms with van der Waals surface area (Å²) < 4.78 is 0. The third kappa shape index (κ3) is 21.5. The summed E-state index contributed by atoms with van der Waals surface area (Å²) in [5.41, 5.74) is 8.02. The third-order valence-corrected chi connectivity index (χ3v) is 17.1. The first-order chi connectivity index (χ1) is 46.3. The van der Waals surface area contributed by atoms with Crippen LogP contribution in [0.3, 0.4) is 0 Å². The number of carboxylic acid groups (broad SMARTS) is 1. The van der Waals surface area contributed by atoms with Crippen molar-refractivity contribution in [2.75, 3.05) is 19.6 Å². The van der Waals surface area contributed by atoms with Crippen LogP contribution in [0.1, 0.15) is 93.9 Å². The number of phenols is 1. The fraction of sp³-hybridized carbons (Fsp3) is 0.449. The summed E-state index contributed by atoms with van der Waals surface area (Å²) in [6.45, 7) is 4.49. The highest BCUT2D eigenvalue weighted by Crippen LogP contribution is 2.23. The van der Waals surface area contributed by atoms with E-state index in [4.69, 9.17) is 5.73 Å². The molecule has 0 bridgehead atoms. The molecule has 4 heterocycles. The normalized spacial score (nSPS) is 19.4. The number of rotatable bonds is 35. The van der Waals surface area contributed by atoms with Crippen molar-refractivity contribution in [3.8, 4) is 5.75 Å². The number of nitrogens with one attached hydrogen (secondary N) is 9. The number of amides is 9. The minimum atomic E-state index is -1.43. The van der Waals surface area contributed by atoms with Crippen LogP contribution in [0, 0.1) is 5.92 Å². The third-order valence-electron chi connectivity index (χ3n) is 17.1. The maximum Gasteiger partial charge on any atom is 0.326 e. The van der Waals surface area contributed by atoms with Gasteiger partial charge in [-0.15, -0.1) is 0 Å². The number of carbonyl (C=O) groups is 10. The van der Waals surface area contributed by atoms with Crippen molar-refractivity contribution < 1.29 is 58.2 Å². The van der Waals surface area contributed by atoms with Gasteiger partial charge in [0, 0.05) is 57.5 Å². The van der Waals surface area contributed by atoms with Gasteiger partial charge in [0.1, 0.15) is 72.8 Å². The highest BCUT2D eigenvalue weighted by Gasteiger charge is 2.42. The van der Waals surface area contributed by atoms with Crippen LogP contribution in [0.4, 0.5) is 0 Å². The maximum absolute atomic E-state index is 15.1. The summed E-state index contributed by atoms with van der Waals surface area (Å²) in [6.07, 6.45) is 8.36. The Kier molecular flexibility index (Phi) is 27.0. The van der Waals surface area contributed by atoms with Gasteiger partial charge >= 0.3 is 5.97 Å². The predicted octanol–water partition coefficient (Wildman–Crippen LogP) is 0.897. The van der Waals surface area contributed by atoms with E-state index in [0.29, 0.717) is 61.0 Å². The Hall–Kier alpha value is -10.0. The number of nitrogens with zero attached hydrogens (tertiary/aromatic N) is 5. The first-order valence-corrected chi connectivity index (χ1v) is 32.7. The predicted molar refractivity (Wildman–Crippen MR) is 360 cm³/mol. The highest BCUT2D eigenvalue weighted by molar-refractivity contribution is 5.99. The molecule has 2 saturated heterocycles. The fourth-order valence-electron chi connectivity index (χ4n) is 11.9. The average molecular weight is 1320 g/mol. The second-order valence-electron chi connectivity index (χ2n) is 24.8. The molecule has 0 aromatic heterocycles. The Morgan fingerprint density at radius 1 is 0.521 bits per heavy atom. The van der Waals surface area contributed by atoms with E-state index < -0.39 is 132 Å². The van der Waals surface area contributed by atoms with Crippen LogP contribution >= 0.6 is 0 Å². The highest BCUT2D eigenvalue weighted by atomic mass is 16.4. The van der Waals surface area contributed by atoms with Gasteiger partial charge in [0.2, 0.25) is 53.2 Å². The Morgan fingerprint density at radius 2 is 0.969 bits per heavy atom. The van der Waals surface area contributed by atoms with Crippen LogP contribution in [0.5, 0.6) is 5.75 Å². The summed E-state index contributed by atoms with van der Waals surface area (Å²) in [5, 5.41) is 45.6. The summed E-state index contributed by atoms with van der Waals surface area (Å²) >= 11 is 0.